The summed E-state index contributed by atoms with van der Waals surface area (Å²) in [7, 11) is 0. The summed E-state index contributed by atoms with van der Waals surface area (Å²) < 4.78 is 7.55. The Bertz CT molecular complexity index is 684. The minimum absolute atomic E-state index is 0.000227. The smallest absolute Gasteiger partial charge is 0.223 e. The predicted molar refractivity (Wildman–Crippen MR) is 94.7 cm³/mol. The zero-order valence-corrected chi connectivity index (χ0v) is 14.9. The lowest BCUT2D eigenvalue weighted by molar-refractivity contribution is -0.127. The highest BCUT2D eigenvalue weighted by Crippen LogP contribution is 2.16. The summed E-state index contributed by atoms with van der Waals surface area (Å²) in [5.74, 6) is 0.294. The standard InChI is InChI=1S/C19H26N4O2/c1-14(2)18-13-25-12-17-11-23(22-21-17)9-8-16(19(24)20-18)10-15-6-4-3-5-7-15/h3-7,11,14,16,18H,8-10,12-13H2,1-2H3,(H,20,24)/t16-,18-/m1/s1. The lowest BCUT2D eigenvalue weighted by atomic mass is 9.94. The Hall–Kier alpha value is -2.21. The SMILES string of the molecule is CC(C)[C@H]1COCc2cn(nn2)CC[C@H](Cc2ccccc2)C(=O)N1. The molecule has 0 radical (unpaired) electrons. The molecule has 134 valence electrons. The Kier molecular flexibility index (Phi) is 5.81. The van der Waals surface area contributed by atoms with Crippen LogP contribution in [0.3, 0.4) is 0 Å². The molecule has 3 rings (SSSR count). The maximum Gasteiger partial charge on any atom is 0.223 e. The van der Waals surface area contributed by atoms with Crippen molar-refractivity contribution in [2.45, 2.75) is 45.9 Å². The number of nitrogens with one attached hydrogen (secondary N) is 1. The van der Waals surface area contributed by atoms with Crippen molar-refractivity contribution in [3.05, 3.63) is 47.8 Å². The number of benzene rings is 1. The maximum absolute atomic E-state index is 12.9. The zero-order valence-electron chi connectivity index (χ0n) is 14.9. The van der Waals surface area contributed by atoms with Gasteiger partial charge in [0.1, 0.15) is 5.69 Å². The van der Waals surface area contributed by atoms with Gasteiger partial charge in [0.2, 0.25) is 5.91 Å². The zero-order chi connectivity index (χ0) is 17.6. The molecule has 0 unspecified atom stereocenters. The summed E-state index contributed by atoms with van der Waals surface area (Å²) in [6.45, 7) is 5.77. The molecule has 1 aromatic carbocycles. The summed E-state index contributed by atoms with van der Waals surface area (Å²) in [6.07, 6.45) is 3.36. The summed E-state index contributed by atoms with van der Waals surface area (Å²) in [6, 6.07) is 10.2. The van der Waals surface area contributed by atoms with Gasteiger partial charge in [-0.15, -0.1) is 5.10 Å². The third-order valence-electron chi connectivity index (χ3n) is 4.67. The summed E-state index contributed by atoms with van der Waals surface area (Å²) in [5, 5.41) is 11.5. The molecule has 2 bridgehead atoms. The minimum atomic E-state index is -0.101. The molecule has 6 nitrogen and oxygen atoms in total. The molecular weight excluding hydrogens is 316 g/mol. The van der Waals surface area contributed by atoms with Gasteiger partial charge in [-0.1, -0.05) is 49.4 Å². The highest BCUT2D eigenvalue weighted by atomic mass is 16.5. The van der Waals surface area contributed by atoms with Crippen molar-refractivity contribution in [1.29, 1.82) is 0 Å². The van der Waals surface area contributed by atoms with Gasteiger partial charge in [-0.05, 0) is 24.3 Å². The topological polar surface area (TPSA) is 69.0 Å². The van der Waals surface area contributed by atoms with Gasteiger partial charge in [0.05, 0.1) is 25.5 Å². The van der Waals surface area contributed by atoms with Crippen LogP contribution in [0.1, 0.15) is 31.5 Å². The lowest BCUT2D eigenvalue weighted by Crippen LogP contribution is -2.45. The van der Waals surface area contributed by atoms with E-state index in [9.17, 15) is 4.79 Å². The van der Waals surface area contributed by atoms with Crippen molar-refractivity contribution >= 4 is 5.91 Å². The van der Waals surface area contributed by atoms with E-state index in [-0.39, 0.29) is 17.9 Å². The van der Waals surface area contributed by atoms with Gasteiger partial charge in [-0.3, -0.25) is 9.48 Å². The fraction of sp³-hybridized carbons (Fsp3) is 0.526. The predicted octanol–water partition coefficient (Wildman–Crippen LogP) is 2.20. The molecule has 0 saturated heterocycles. The van der Waals surface area contributed by atoms with Crippen LogP contribution in [0.4, 0.5) is 0 Å². The molecule has 6 heteroatoms. The van der Waals surface area contributed by atoms with Crippen LogP contribution in [-0.2, 0) is 29.1 Å². The number of aromatic nitrogens is 3. The number of aryl methyl sites for hydroxylation is 1. The van der Waals surface area contributed by atoms with Crippen molar-refractivity contribution in [2.75, 3.05) is 6.61 Å². The average molecular weight is 342 g/mol. The van der Waals surface area contributed by atoms with E-state index in [4.69, 9.17) is 4.74 Å². The Balaban J connectivity index is 1.79. The molecule has 1 N–H and O–H groups in total. The van der Waals surface area contributed by atoms with Gasteiger partial charge in [0, 0.05) is 12.5 Å². The first-order valence-corrected chi connectivity index (χ1v) is 8.93. The normalized spacial score (nSPS) is 22.1. The van der Waals surface area contributed by atoms with Crippen LogP contribution in [0.5, 0.6) is 0 Å². The van der Waals surface area contributed by atoms with Crippen molar-refractivity contribution in [3.63, 3.8) is 0 Å². The molecule has 0 aliphatic carbocycles. The van der Waals surface area contributed by atoms with Crippen LogP contribution in [0.15, 0.2) is 36.5 Å². The lowest BCUT2D eigenvalue weighted by Gasteiger charge is -2.25. The van der Waals surface area contributed by atoms with Gasteiger partial charge in [0.25, 0.3) is 0 Å². The molecule has 1 aliphatic rings. The largest absolute Gasteiger partial charge is 0.373 e. The highest BCUT2D eigenvalue weighted by molar-refractivity contribution is 5.79. The van der Waals surface area contributed by atoms with E-state index in [1.165, 1.54) is 5.56 Å². The molecule has 1 aromatic heterocycles. The first-order valence-electron chi connectivity index (χ1n) is 8.93. The Labute approximate surface area is 148 Å². The maximum atomic E-state index is 12.9. The molecule has 0 fully saturated rings. The first kappa shape index (κ1) is 17.6. The van der Waals surface area contributed by atoms with Crippen LogP contribution in [-0.4, -0.2) is 33.5 Å². The number of nitrogens with zero attached hydrogens (tertiary/aromatic N) is 3. The Morgan fingerprint density at radius 3 is 2.88 bits per heavy atom. The van der Waals surface area contributed by atoms with Crippen molar-refractivity contribution < 1.29 is 9.53 Å². The number of rotatable bonds is 3. The van der Waals surface area contributed by atoms with Gasteiger partial charge < -0.3 is 10.1 Å². The number of hydrogen-bond donors (Lipinski definition) is 1. The van der Waals surface area contributed by atoms with Crippen LogP contribution in [0.25, 0.3) is 0 Å². The van der Waals surface area contributed by atoms with E-state index >= 15 is 0 Å². The molecular formula is C19H26N4O2. The number of ether oxygens (including phenoxy) is 1. The van der Waals surface area contributed by atoms with Crippen LogP contribution in [0.2, 0.25) is 0 Å². The van der Waals surface area contributed by atoms with Gasteiger partial charge in [0.15, 0.2) is 0 Å². The molecule has 2 heterocycles. The van der Waals surface area contributed by atoms with E-state index in [0.29, 0.717) is 25.7 Å². The second-order valence-electron chi connectivity index (χ2n) is 7.02. The number of carbonyl (C=O) groups excluding carboxylic acids is 1. The van der Waals surface area contributed by atoms with Crippen molar-refractivity contribution in [2.24, 2.45) is 11.8 Å². The molecule has 0 saturated carbocycles. The summed E-state index contributed by atoms with van der Waals surface area (Å²) in [5.41, 5.74) is 2.00. The quantitative estimate of drug-likeness (QED) is 0.928. The van der Waals surface area contributed by atoms with Gasteiger partial charge in [-0.2, -0.15) is 0 Å². The van der Waals surface area contributed by atoms with E-state index in [0.717, 1.165) is 18.5 Å². The molecule has 2 aromatic rings. The summed E-state index contributed by atoms with van der Waals surface area (Å²) >= 11 is 0. The highest BCUT2D eigenvalue weighted by Gasteiger charge is 2.24. The Morgan fingerprint density at radius 2 is 2.12 bits per heavy atom. The molecule has 1 amide bonds. The van der Waals surface area contributed by atoms with Crippen LogP contribution in [0, 0.1) is 11.8 Å². The van der Waals surface area contributed by atoms with E-state index in [2.05, 4.69) is 41.6 Å². The van der Waals surface area contributed by atoms with Gasteiger partial charge in [-0.25, -0.2) is 0 Å². The molecule has 2 atom stereocenters. The molecule has 0 spiro atoms. The number of fused-ring (bicyclic) bond motifs is 2. The fourth-order valence-corrected chi connectivity index (χ4v) is 3.02. The number of carbonyl (C=O) groups is 1. The molecule has 1 aliphatic heterocycles. The minimum Gasteiger partial charge on any atom is -0.373 e. The van der Waals surface area contributed by atoms with Crippen LogP contribution < -0.4 is 5.32 Å². The summed E-state index contributed by atoms with van der Waals surface area (Å²) in [4.78, 5) is 12.9. The van der Waals surface area contributed by atoms with Crippen molar-refractivity contribution in [1.82, 2.24) is 20.3 Å². The second kappa shape index (κ2) is 8.25. The fourth-order valence-electron chi connectivity index (χ4n) is 3.02. The first-order chi connectivity index (χ1) is 12.1. The molecule has 25 heavy (non-hydrogen) atoms. The second-order valence-corrected chi connectivity index (χ2v) is 7.02. The number of hydrogen-bond acceptors (Lipinski definition) is 4. The Morgan fingerprint density at radius 1 is 1.32 bits per heavy atom. The van der Waals surface area contributed by atoms with Gasteiger partial charge >= 0.3 is 0 Å². The van der Waals surface area contributed by atoms with E-state index in [1.54, 1.807) is 4.68 Å². The third kappa shape index (κ3) is 4.89. The van der Waals surface area contributed by atoms with Crippen LogP contribution >= 0.6 is 0 Å². The third-order valence-corrected chi connectivity index (χ3v) is 4.67. The monoisotopic (exact) mass is 342 g/mol. The van der Waals surface area contributed by atoms with E-state index in [1.807, 2.05) is 24.4 Å². The van der Waals surface area contributed by atoms with E-state index < -0.39 is 0 Å². The van der Waals surface area contributed by atoms with Crippen molar-refractivity contribution in [3.8, 4) is 0 Å². The number of amides is 1. The average Bonchev–Trinajstić information content (AvgIpc) is 3.05.